The van der Waals surface area contributed by atoms with E-state index >= 15 is 0 Å². The van der Waals surface area contributed by atoms with Crippen molar-refractivity contribution < 1.29 is 9.59 Å². The molecule has 0 saturated heterocycles. The minimum Gasteiger partial charge on any atom is -0.346 e. The van der Waals surface area contributed by atoms with Crippen molar-refractivity contribution in [3.63, 3.8) is 0 Å². The second-order valence-electron chi connectivity index (χ2n) is 12.6. The Labute approximate surface area is 214 Å². The van der Waals surface area contributed by atoms with Crippen LogP contribution in [0.15, 0.2) is 36.4 Å². The van der Waals surface area contributed by atoms with Gasteiger partial charge in [0.05, 0.1) is 17.1 Å². The standard InChI is InChI=1S/C30H40N4O2/c1-18(28-32-23-7-5-6-8-24(23)33-28)31-26(35)17-19-9-11-21-20-10-12-25-30(3,16-14-27(36)34(25)4)22(20)13-15-29(19,21)2/h5-8,14,16,18-22,25H,9-13,15,17H2,1-4H3,(H,31,35)(H,32,33)/t18?,19-,20?,21?,22?,25?,29-,30-/m1/s1. The number of aromatic nitrogens is 2. The molecule has 0 radical (unpaired) electrons. The lowest BCUT2D eigenvalue weighted by atomic mass is 9.47. The Balaban J connectivity index is 1.14. The van der Waals surface area contributed by atoms with E-state index in [0.717, 1.165) is 29.7 Å². The SMILES string of the molecule is CC(NC(=O)C[C@H]1CCC2C3CCC4N(C)C(=O)C=C[C@]4(C)C3CC[C@@]21C)c1nc2ccccc2[nH]1. The fourth-order valence-corrected chi connectivity index (χ4v) is 8.95. The van der Waals surface area contributed by atoms with Gasteiger partial charge in [-0.3, -0.25) is 9.59 Å². The molecule has 3 saturated carbocycles. The average molecular weight is 489 g/mol. The van der Waals surface area contributed by atoms with Crippen LogP contribution in [0.5, 0.6) is 0 Å². The van der Waals surface area contributed by atoms with Gasteiger partial charge >= 0.3 is 0 Å². The van der Waals surface area contributed by atoms with Crippen LogP contribution < -0.4 is 5.32 Å². The minimum absolute atomic E-state index is 0.0738. The molecule has 1 aromatic carbocycles. The van der Waals surface area contributed by atoms with Gasteiger partial charge in [-0.2, -0.15) is 0 Å². The normalized spacial score (nSPS) is 38.4. The maximum atomic E-state index is 13.2. The molecule has 0 spiro atoms. The summed E-state index contributed by atoms with van der Waals surface area (Å²) in [6.45, 7) is 6.89. The molecule has 2 N–H and O–H groups in total. The zero-order valence-corrected chi connectivity index (χ0v) is 22.1. The fourth-order valence-electron chi connectivity index (χ4n) is 8.95. The van der Waals surface area contributed by atoms with E-state index in [1.54, 1.807) is 0 Å². The highest BCUT2D eigenvalue weighted by atomic mass is 16.2. The minimum atomic E-state index is -0.140. The van der Waals surface area contributed by atoms with Crippen LogP contribution >= 0.6 is 0 Å². The summed E-state index contributed by atoms with van der Waals surface area (Å²) in [7, 11) is 1.98. The summed E-state index contributed by atoms with van der Waals surface area (Å²) in [4.78, 5) is 35.6. The summed E-state index contributed by atoms with van der Waals surface area (Å²) in [5.74, 6) is 3.54. The van der Waals surface area contributed by atoms with E-state index in [9.17, 15) is 9.59 Å². The Morgan fingerprint density at radius 2 is 1.97 bits per heavy atom. The summed E-state index contributed by atoms with van der Waals surface area (Å²) in [6, 6.07) is 8.17. The molecular formula is C30H40N4O2. The summed E-state index contributed by atoms with van der Waals surface area (Å²) >= 11 is 0. The first-order chi connectivity index (χ1) is 17.2. The van der Waals surface area contributed by atoms with E-state index in [-0.39, 0.29) is 28.7 Å². The van der Waals surface area contributed by atoms with Crippen LogP contribution in [0.3, 0.4) is 0 Å². The van der Waals surface area contributed by atoms with Crippen LogP contribution in [0.2, 0.25) is 0 Å². The van der Waals surface area contributed by atoms with Crippen LogP contribution in [-0.4, -0.2) is 39.8 Å². The molecule has 4 aliphatic rings. The summed E-state index contributed by atoms with van der Waals surface area (Å²) < 4.78 is 0. The van der Waals surface area contributed by atoms with Gasteiger partial charge in [0.1, 0.15) is 5.82 Å². The van der Waals surface area contributed by atoms with Crippen LogP contribution in [0.1, 0.15) is 77.6 Å². The first-order valence-corrected chi connectivity index (χ1v) is 13.9. The zero-order valence-electron chi connectivity index (χ0n) is 22.1. The lowest BCUT2D eigenvalue weighted by molar-refractivity contribution is -0.139. The molecule has 192 valence electrons. The third-order valence-electron chi connectivity index (χ3n) is 11.0. The van der Waals surface area contributed by atoms with Gasteiger partial charge in [0, 0.05) is 24.9 Å². The predicted octanol–water partition coefficient (Wildman–Crippen LogP) is 5.39. The molecule has 1 aromatic heterocycles. The number of nitrogens with one attached hydrogen (secondary N) is 2. The van der Waals surface area contributed by atoms with Gasteiger partial charge in [0.2, 0.25) is 11.8 Å². The molecule has 6 heteroatoms. The van der Waals surface area contributed by atoms with E-state index in [1.165, 1.54) is 25.7 Å². The highest BCUT2D eigenvalue weighted by Crippen LogP contribution is 2.65. The summed E-state index contributed by atoms with van der Waals surface area (Å²) in [6.07, 6.45) is 11.7. The Bertz CT molecular complexity index is 1190. The number of fused-ring (bicyclic) bond motifs is 6. The Hall–Kier alpha value is -2.63. The zero-order chi connectivity index (χ0) is 25.2. The van der Waals surface area contributed by atoms with Crippen molar-refractivity contribution in [3.8, 4) is 0 Å². The Morgan fingerprint density at radius 3 is 2.78 bits per heavy atom. The number of carbonyl (C=O) groups is 2. The number of para-hydroxylation sites is 2. The highest BCUT2D eigenvalue weighted by molar-refractivity contribution is 5.89. The number of hydrogen-bond donors (Lipinski definition) is 2. The van der Waals surface area contributed by atoms with Gasteiger partial charge in [0.15, 0.2) is 0 Å². The van der Waals surface area contributed by atoms with E-state index in [1.807, 2.05) is 49.2 Å². The lowest BCUT2D eigenvalue weighted by Gasteiger charge is -2.60. The predicted molar refractivity (Wildman–Crippen MR) is 141 cm³/mol. The third kappa shape index (κ3) is 3.54. The number of amides is 2. The van der Waals surface area contributed by atoms with Crippen molar-refractivity contribution in [1.29, 1.82) is 0 Å². The molecule has 1 aliphatic heterocycles. The average Bonchev–Trinajstić information content (AvgIpc) is 3.43. The van der Waals surface area contributed by atoms with Crippen molar-refractivity contribution in [3.05, 3.63) is 42.2 Å². The maximum absolute atomic E-state index is 13.2. The van der Waals surface area contributed by atoms with E-state index in [2.05, 4.69) is 35.2 Å². The number of aromatic amines is 1. The largest absolute Gasteiger partial charge is 0.346 e. The highest BCUT2D eigenvalue weighted by Gasteiger charge is 2.60. The van der Waals surface area contributed by atoms with Gasteiger partial charge in [-0.05, 0) is 92.7 Å². The molecule has 6 rings (SSSR count). The topological polar surface area (TPSA) is 78.1 Å². The van der Waals surface area contributed by atoms with Crippen LogP contribution in [-0.2, 0) is 9.59 Å². The van der Waals surface area contributed by atoms with Crippen molar-refractivity contribution >= 4 is 22.8 Å². The van der Waals surface area contributed by atoms with Gasteiger partial charge in [-0.25, -0.2) is 4.98 Å². The smallest absolute Gasteiger partial charge is 0.246 e. The van der Waals surface area contributed by atoms with E-state index < -0.39 is 0 Å². The summed E-state index contributed by atoms with van der Waals surface area (Å²) in [5.41, 5.74) is 2.24. The molecule has 36 heavy (non-hydrogen) atoms. The van der Waals surface area contributed by atoms with Gasteiger partial charge in [0.25, 0.3) is 0 Å². The first kappa shape index (κ1) is 23.7. The number of rotatable bonds is 4. The molecule has 0 bridgehead atoms. The van der Waals surface area contributed by atoms with Gasteiger partial charge in [-0.1, -0.05) is 32.1 Å². The fraction of sp³-hybridized carbons (Fsp3) is 0.633. The van der Waals surface area contributed by atoms with Crippen molar-refractivity contribution in [2.24, 2.45) is 34.5 Å². The molecule has 5 unspecified atom stereocenters. The molecule has 3 aliphatic carbocycles. The molecular weight excluding hydrogens is 448 g/mol. The first-order valence-electron chi connectivity index (χ1n) is 13.9. The summed E-state index contributed by atoms with van der Waals surface area (Å²) in [5, 5.41) is 3.23. The van der Waals surface area contributed by atoms with E-state index in [4.69, 9.17) is 0 Å². The molecule has 2 aromatic rings. The number of hydrogen-bond acceptors (Lipinski definition) is 3. The molecule has 6 nitrogen and oxygen atoms in total. The molecule has 2 amide bonds. The monoisotopic (exact) mass is 488 g/mol. The Kier molecular flexibility index (Phi) is 5.58. The van der Waals surface area contributed by atoms with Crippen molar-refractivity contribution in [2.75, 3.05) is 7.05 Å². The number of imidazole rings is 1. The molecule has 2 heterocycles. The second kappa shape index (κ2) is 8.46. The number of benzene rings is 1. The van der Waals surface area contributed by atoms with Crippen LogP contribution in [0.25, 0.3) is 11.0 Å². The lowest BCUT2D eigenvalue weighted by Crippen LogP contribution is -2.59. The third-order valence-corrected chi connectivity index (χ3v) is 11.0. The van der Waals surface area contributed by atoms with Crippen LogP contribution in [0.4, 0.5) is 0 Å². The second-order valence-corrected chi connectivity index (χ2v) is 12.6. The van der Waals surface area contributed by atoms with E-state index in [0.29, 0.717) is 36.1 Å². The maximum Gasteiger partial charge on any atom is 0.246 e. The number of carbonyl (C=O) groups excluding carboxylic acids is 2. The number of H-pyrrole nitrogens is 1. The Morgan fingerprint density at radius 1 is 1.17 bits per heavy atom. The number of nitrogens with zero attached hydrogens (tertiary/aromatic N) is 2. The van der Waals surface area contributed by atoms with Gasteiger partial charge in [-0.15, -0.1) is 0 Å². The van der Waals surface area contributed by atoms with Crippen LogP contribution in [0, 0.1) is 34.5 Å². The quantitative estimate of drug-likeness (QED) is 0.606. The molecule has 3 fully saturated rings. The van der Waals surface area contributed by atoms with Crippen molar-refractivity contribution in [2.45, 2.75) is 77.8 Å². The van der Waals surface area contributed by atoms with Crippen molar-refractivity contribution in [1.82, 2.24) is 20.2 Å². The van der Waals surface area contributed by atoms with Gasteiger partial charge < -0.3 is 15.2 Å². The number of likely N-dealkylation sites (N-methyl/N-ethyl adjacent to an activating group) is 1. The molecule has 8 atom stereocenters.